The third kappa shape index (κ3) is 3.37. The van der Waals surface area contributed by atoms with Crippen molar-refractivity contribution in [3.05, 3.63) is 48.3 Å². The number of rotatable bonds is 2. The van der Waals surface area contributed by atoms with Crippen molar-refractivity contribution in [2.75, 3.05) is 0 Å². The highest BCUT2D eigenvalue weighted by atomic mass is 19.4. The number of aromatic hydroxyl groups is 1. The Hall–Kier alpha value is -2.24. The van der Waals surface area contributed by atoms with Crippen molar-refractivity contribution >= 4 is 0 Å². The zero-order chi connectivity index (χ0) is 14.0. The van der Waals surface area contributed by atoms with Gasteiger partial charge >= 0.3 is 6.36 Å². The molecule has 0 spiro atoms. The molecule has 6 heteroatoms. The Labute approximate surface area is 105 Å². The standard InChI is InChI=1S/C13H8F4O2/c14-11-5-4-9(7-12(11)18)8-2-1-3-10(6-8)19-13(15,16)17/h1-7,18H. The summed E-state index contributed by atoms with van der Waals surface area (Å²) < 4.78 is 52.9. The fraction of sp³-hybridized carbons (Fsp3) is 0.0769. The molecule has 0 bridgehead atoms. The maximum Gasteiger partial charge on any atom is 0.573 e. The summed E-state index contributed by atoms with van der Waals surface area (Å²) in [6, 6.07) is 8.71. The van der Waals surface area contributed by atoms with Gasteiger partial charge in [0.1, 0.15) is 5.75 Å². The molecule has 0 unspecified atom stereocenters. The molecule has 2 aromatic rings. The Morgan fingerprint density at radius 2 is 1.63 bits per heavy atom. The number of hydrogen-bond acceptors (Lipinski definition) is 2. The molecule has 100 valence electrons. The van der Waals surface area contributed by atoms with Gasteiger partial charge < -0.3 is 9.84 Å². The maximum absolute atomic E-state index is 12.9. The summed E-state index contributed by atoms with van der Waals surface area (Å²) in [6.07, 6.45) is -4.77. The molecule has 2 rings (SSSR count). The van der Waals surface area contributed by atoms with E-state index < -0.39 is 17.9 Å². The SMILES string of the molecule is Oc1cc(-c2cccc(OC(F)(F)F)c2)ccc1F. The van der Waals surface area contributed by atoms with Gasteiger partial charge in [0, 0.05) is 0 Å². The van der Waals surface area contributed by atoms with Crippen molar-refractivity contribution in [1.29, 1.82) is 0 Å². The first-order valence-corrected chi connectivity index (χ1v) is 5.20. The molecule has 0 aromatic heterocycles. The average molecular weight is 272 g/mol. The summed E-state index contributed by atoms with van der Waals surface area (Å²) in [4.78, 5) is 0. The van der Waals surface area contributed by atoms with Gasteiger partial charge in [0.05, 0.1) is 0 Å². The molecule has 2 aromatic carbocycles. The topological polar surface area (TPSA) is 29.5 Å². The largest absolute Gasteiger partial charge is 0.573 e. The van der Waals surface area contributed by atoms with Gasteiger partial charge in [-0.25, -0.2) is 4.39 Å². The first-order chi connectivity index (χ1) is 8.85. The van der Waals surface area contributed by atoms with Crippen LogP contribution in [0.4, 0.5) is 17.6 Å². The van der Waals surface area contributed by atoms with Gasteiger partial charge in [-0.2, -0.15) is 0 Å². The monoisotopic (exact) mass is 272 g/mol. The Morgan fingerprint density at radius 3 is 2.26 bits per heavy atom. The fourth-order valence-corrected chi connectivity index (χ4v) is 1.57. The van der Waals surface area contributed by atoms with Crippen molar-refractivity contribution < 1.29 is 27.4 Å². The van der Waals surface area contributed by atoms with Gasteiger partial charge in [-0.15, -0.1) is 13.2 Å². The summed E-state index contributed by atoms with van der Waals surface area (Å²) in [5, 5.41) is 9.23. The Morgan fingerprint density at radius 1 is 0.947 bits per heavy atom. The zero-order valence-corrected chi connectivity index (χ0v) is 9.41. The number of ether oxygens (including phenoxy) is 1. The Kier molecular flexibility index (Phi) is 3.33. The zero-order valence-electron chi connectivity index (χ0n) is 9.41. The summed E-state index contributed by atoms with van der Waals surface area (Å²) >= 11 is 0. The fourth-order valence-electron chi connectivity index (χ4n) is 1.57. The minimum Gasteiger partial charge on any atom is -0.505 e. The number of phenols is 1. The first-order valence-electron chi connectivity index (χ1n) is 5.20. The highest BCUT2D eigenvalue weighted by molar-refractivity contribution is 5.66. The van der Waals surface area contributed by atoms with E-state index in [0.29, 0.717) is 11.1 Å². The number of alkyl halides is 3. The normalized spacial score (nSPS) is 11.4. The predicted octanol–water partition coefficient (Wildman–Crippen LogP) is 4.10. The third-order valence-electron chi connectivity index (χ3n) is 2.35. The molecule has 0 heterocycles. The highest BCUT2D eigenvalue weighted by Gasteiger charge is 2.31. The van der Waals surface area contributed by atoms with Crippen LogP contribution in [0.15, 0.2) is 42.5 Å². The lowest BCUT2D eigenvalue weighted by Gasteiger charge is -2.10. The lowest BCUT2D eigenvalue weighted by molar-refractivity contribution is -0.274. The van der Waals surface area contributed by atoms with Gasteiger partial charge in [0.25, 0.3) is 0 Å². The summed E-state index contributed by atoms with van der Waals surface area (Å²) in [5.41, 5.74) is 0.753. The van der Waals surface area contributed by atoms with Crippen LogP contribution in [0.3, 0.4) is 0 Å². The average Bonchev–Trinajstić information content (AvgIpc) is 2.31. The molecule has 0 fully saturated rings. The van der Waals surface area contributed by atoms with Gasteiger partial charge in [0.2, 0.25) is 0 Å². The van der Waals surface area contributed by atoms with E-state index in [1.165, 1.54) is 18.2 Å². The molecule has 19 heavy (non-hydrogen) atoms. The van der Waals surface area contributed by atoms with Crippen LogP contribution >= 0.6 is 0 Å². The van der Waals surface area contributed by atoms with Crippen LogP contribution in [-0.4, -0.2) is 11.5 Å². The van der Waals surface area contributed by atoms with Crippen LogP contribution in [0.2, 0.25) is 0 Å². The molecule has 0 aliphatic heterocycles. The Bertz CT molecular complexity index is 593. The van der Waals surface area contributed by atoms with E-state index in [-0.39, 0.29) is 5.75 Å². The van der Waals surface area contributed by atoms with Crippen LogP contribution in [0.25, 0.3) is 11.1 Å². The van der Waals surface area contributed by atoms with Gasteiger partial charge in [-0.05, 0) is 35.4 Å². The van der Waals surface area contributed by atoms with Gasteiger partial charge in [-0.3, -0.25) is 0 Å². The second-order valence-electron chi connectivity index (χ2n) is 3.74. The van der Waals surface area contributed by atoms with Crippen LogP contribution in [0.5, 0.6) is 11.5 Å². The van der Waals surface area contributed by atoms with Crippen molar-refractivity contribution in [2.24, 2.45) is 0 Å². The minimum absolute atomic E-state index is 0.372. The minimum atomic E-state index is -4.77. The molecule has 2 nitrogen and oxygen atoms in total. The lowest BCUT2D eigenvalue weighted by Crippen LogP contribution is -2.17. The van der Waals surface area contributed by atoms with E-state index in [1.807, 2.05) is 0 Å². The third-order valence-corrected chi connectivity index (χ3v) is 2.35. The van der Waals surface area contributed by atoms with Gasteiger partial charge in [-0.1, -0.05) is 18.2 Å². The van der Waals surface area contributed by atoms with Crippen molar-refractivity contribution in [2.45, 2.75) is 6.36 Å². The molecule has 0 saturated carbocycles. The van der Waals surface area contributed by atoms with Crippen molar-refractivity contribution in [3.8, 4) is 22.6 Å². The van der Waals surface area contributed by atoms with Crippen LogP contribution < -0.4 is 4.74 Å². The van der Waals surface area contributed by atoms with Crippen LogP contribution in [0.1, 0.15) is 0 Å². The quantitative estimate of drug-likeness (QED) is 0.834. The number of benzene rings is 2. The van der Waals surface area contributed by atoms with Crippen molar-refractivity contribution in [1.82, 2.24) is 0 Å². The first kappa shape index (κ1) is 13.2. The second-order valence-corrected chi connectivity index (χ2v) is 3.74. The summed E-state index contributed by atoms with van der Waals surface area (Å²) in [6.45, 7) is 0. The lowest BCUT2D eigenvalue weighted by atomic mass is 10.1. The van der Waals surface area contributed by atoms with Crippen LogP contribution in [-0.2, 0) is 0 Å². The van der Waals surface area contributed by atoms with E-state index in [1.54, 1.807) is 0 Å². The molecule has 0 aliphatic carbocycles. The molecule has 0 amide bonds. The number of halogens is 4. The van der Waals surface area contributed by atoms with E-state index in [0.717, 1.165) is 24.3 Å². The summed E-state index contributed by atoms with van der Waals surface area (Å²) in [5.74, 6) is -1.75. The number of hydrogen-bond donors (Lipinski definition) is 1. The molecular weight excluding hydrogens is 264 g/mol. The molecule has 1 N–H and O–H groups in total. The highest BCUT2D eigenvalue weighted by Crippen LogP contribution is 2.30. The van der Waals surface area contributed by atoms with E-state index >= 15 is 0 Å². The number of phenolic OH excluding ortho intramolecular Hbond substituents is 1. The maximum atomic E-state index is 12.9. The molecule has 0 aliphatic rings. The van der Waals surface area contributed by atoms with E-state index in [9.17, 15) is 22.7 Å². The predicted molar refractivity (Wildman–Crippen MR) is 60.2 cm³/mol. The molecule has 0 atom stereocenters. The Balaban J connectivity index is 2.35. The smallest absolute Gasteiger partial charge is 0.505 e. The van der Waals surface area contributed by atoms with Gasteiger partial charge in [0.15, 0.2) is 11.6 Å². The second kappa shape index (κ2) is 4.79. The van der Waals surface area contributed by atoms with Crippen molar-refractivity contribution in [3.63, 3.8) is 0 Å². The summed E-state index contributed by atoms with van der Waals surface area (Å²) in [7, 11) is 0. The molecular formula is C13H8F4O2. The molecule has 0 radical (unpaired) electrons. The van der Waals surface area contributed by atoms with E-state index in [2.05, 4.69) is 4.74 Å². The van der Waals surface area contributed by atoms with Crippen LogP contribution in [0, 0.1) is 5.82 Å². The van der Waals surface area contributed by atoms with E-state index in [4.69, 9.17) is 0 Å². The molecule has 0 saturated heterocycles.